The fourth-order valence-corrected chi connectivity index (χ4v) is 2.60. The molecule has 0 aromatic heterocycles. The molecule has 0 fully saturated rings. The van der Waals surface area contributed by atoms with Crippen molar-refractivity contribution in [1.82, 2.24) is 0 Å². The van der Waals surface area contributed by atoms with Gasteiger partial charge in [-0.15, -0.1) is 0 Å². The van der Waals surface area contributed by atoms with Gasteiger partial charge in [0.1, 0.15) is 11.8 Å². The van der Waals surface area contributed by atoms with Crippen molar-refractivity contribution in [2.75, 3.05) is 12.9 Å². The van der Waals surface area contributed by atoms with Crippen molar-refractivity contribution in [2.24, 2.45) is 5.92 Å². The van der Waals surface area contributed by atoms with Gasteiger partial charge in [-0.25, -0.2) is 0 Å². The van der Waals surface area contributed by atoms with Gasteiger partial charge >= 0.3 is 0 Å². The minimum Gasteiger partial charge on any atom is -0.495 e. The maximum absolute atomic E-state index is 8.99. The Hall–Kier alpha value is -1.14. The number of methoxy groups -OCH3 is 1. The Kier molecular flexibility index (Phi) is 5.93. The van der Waals surface area contributed by atoms with Crippen molar-refractivity contribution < 1.29 is 4.74 Å². The minimum absolute atomic E-state index is 0.620. The molecule has 0 bridgehead atoms. The molecule has 0 aliphatic heterocycles. The zero-order valence-corrected chi connectivity index (χ0v) is 11.5. The van der Waals surface area contributed by atoms with Crippen molar-refractivity contribution in [3.63, 3.8) is 0 Å². The summed E-state index contributed by atoms with van der Waals surface area (Å²) < 4.78 is 5.12. The van der Waals surface area contributed by atoms with E-state index in [1.165, 1.54) is 17.7 Å². The normalized spacial score (nSPS) is 11.9. The van der Waals surface area contributed by atoms with Gasteiger partial charge in [-0.3, -0.25) is 0 Å². The van der Waals surface area contributed by atoms with E-state index in [9.17, 15) is 0 Å². The van der Waals surface area contributed by atoms with E-state index >= 15 is 0 Å². The monoisotopic (exact) mass is 249 g/mol. The van der Waals surface area contributed by atoms with Crippen molar-refractivity contribution in [2.45, 2.75) is 26.0 Å². The molecule has 3 heteroatoms. The first-order chi connectivity index (χ1) is 8.21. The largest absolute Gasteiger partial charge is 0.495 e. The van der Waals surface area contributed by atoms with Gasteiger partial charge in [0, 0.05) is 5.75 Å². The van der Waals surface area contributed by atoms with Crippen LogP contribution in [-0.2, 0) is 5.75 Å². The van der Waals surface area contributed by atoms with Crippen LogP contribution in [0, 0.1) is 17.2 Å². The number of rotatable bonds is 6. The molecule has 0 amide bonds. The lowest BCUT2D eigenvalue weighted by molar-refractivity contribution is 0.413. The third-order valence-electron chi connectivity index (χ3n) is 2.75. The molecule has 92 valence electrons. The predicted molar refractivity (Wildman–Crippen MR) is 73.3 cm³/mol. The van der Waals surface area contributed by atoms with Crippen LogP contribution in [0.5, 0.6) is 5.75 Å². The minimum atomic E-state index is 0.620. The van der Waals surface area contributed by atoms with E-state index in [1.54, 1.807) is 7.11 Å². The van der Waals surface area contributed by atoms with Crippen LogP contribution in [0.2, 0.25) is 0 Å². The number of nitriles is 1. The summed E-state index contributed by atoms with van der Waals surface area (Å²) in [5, 5.41) is 8.99. The average Bonchev–Trinajstić information content (AvgIpc) is 2.38. The molecular weight excluding hydrogens is 230 g/mol. The Balaban J connectivity index is 2.58. The van der Waals surface area contributed by atoms with Gasteiger partial charge in [-0.2, -0.15) is 17.0 Å². The second-order valence-electron chi connectivity index (χ2n) is 4.17. The topological polar surface area (TPSA) is 33.0 Å². The predicted octanol–water partition coefficient (Wildman–Crippen LogP) is 3.85. The van der Waals surface area contributed by atoms with Gasteiger partial charge in [0.2, 0.25) is 0 Å². The highest BCUT2D eigenvalue weighted by Gasteiger charge is 2.04. The summed E-state index contributed by atoms with van der Waals surface area (Å²) in [6.07, 6.45) is 1.22. The Morgan fingerprint density at radius 1 is 1.47 bits per heavy atom. The van der Waals surface area contributed by atoms with Crippen LogP contribution in [0.4, 0.5) is 0 Å². The molecular formula is C14H19NOS. The van der Waals surface area contributed by atoms with E-state index in [0.29, 0.717) is 11.3 Å². The summed E-state index contributed by atoms with van der Waals surface area (Å²) >= 11 is 1.92. The van der Waals surface area contributed by atoms with Gasteiger partial charge in [0.05, 0.1) is 12.7 Å². The quantitative estimate of drug-likeness (QED) is 0.767. The number of thioether (sulfide) groups is 1. The second-order valence-corrected chi connectivity index (χ2v) is 5.21. The fraction of sp³-hybridized carbons (Fsp3) is 0.500. The standard InChI is InChI=1S/C14H19NOS/c1-4-11(2)9-17-10-12-5-6-14(16-3)13(7-12)8-15/h5-7,11H,4,9-10H2,1-3H3. The lowest BCUT2D eigenvalue weighted by Gasteiger charge is -2.09. The van der Waals surface area contributed by atoms with E-state index in [0.717, 1.165) is 11.7 Å². The third-order valence-corrected chi connectivity index (χ3v) is 4.09. The van der Waals surface area contributed by atoms with E-state index in [1.807, 2.05) is 30.0 Å². The van der Waals surface area contributed by atoms with E-state index in [4.69, 9.17) is 10.00 Å². The fourth-order valence-electron chi connectivity index (χ4n) is 1.43. The molecule has 17 heavy (non-hydrogen) atoms. The Bertz CT molecular complexity index is 398. The third kappa shape index (κ3) is 4.32. The summed E-state index contributed by atoms with van der Waals surface area (Å²) in [7, 11) is 1.59. The first kappa shape index (κ1) is 13.9. The molecule has 0 aliphatic carbocycles. The van der Waals surface area contributed by atoms with Crippen LogP contribution >= 0.6 is 11.8 Å². The molecule has 0 saturated heterocycles. The van der Waals surface area contributed by atoms with Crippen molar-refractivity contribution in [1.29, 1.82) is 5.26 Å². The maximum Gasteiger partial charge on any atom is 0.136 e. The van der Waals surface area contributed by atoms with Crippen molar-refractivity contribution in [3.05, 3.63) is 29.3 Å². The first-order valence-corrected chi connectivity index (χ1v) is 7.01. The lowest BCUT2D eigenvalue weighted by Crippen LogP contribution is -1.96. The highest BCUT2D eigenvalue weighted by Crippen LogP contribution is 2.22. The van der Waals surface area contributed by atoms with Crippen LogP contribution in [0.25, 0.3) is 0 Å². The zero-order valence-electron chi connectivity index (χ0n) is 10.7. The molecule has 1 atom stereocenters. The van der Waals surface area contributed by atoms with Crippen LogP contribution in [0.1, 0.15) is 31.4 Å². The summed E-state index contributed by atoms with van der Waals surface area (Å²) in [6, 6.07) is 7.99. The molecule has 0 radical (unpaired) electrons. The van der Waals surface area contributed by atoms with Crippen LogP contribution in [0.15, 0.2) is 18.2 Å². The molecule has 0 N–H and O–H groups in total. The number of nitrogens with zero attached hydrogens (tertiary/aromatic N) is 1. The first-order valence-electron chi connectivity index (χ1n) is 5.86. The average molecular weight is 249 g/mol. The second kappa shape index (κ2) is 7.24. The van der Waals surface area contributed by atoms with Crippen LogP contribution in [0.3, 0.4) is 0 Å². The van der Waals surface area contributed by atoms with Crippen molar-refractivity contribution in [3.8, 4) is 11.8 Å². The van der Waals surface area contributed by atoms with Crippen LogP contribution in [-0.4, -0.2) is 12.9 Å². The number of ether oxygens (including phenoxy) is 1. The van der Waals surface area contributed by atoms with E-state index < -0.39 is 0 Å². The Labute approximate surface area is 108 Å². The van der Waals surface area contributed by atoms with Gasteiger partial charge in [-0.1, -0.05) is 26.3 Å². The summed E-state index contributed by atoms with van der Waals surface area (Å²) in [5.74, 6) is 3.55. The van der Waals surface area contributed by atoms with E-state index in [-0.39, 0.29) is 0 Å². The number of hydrogen-bond acceptors (Lipinski definition) is 3. The van der Waals surface area contributed by atoms with Gasteiger partial charge in [-0.05, 0) is 29.4 Å². The molecule has 0 aliphatic rings. The van der Waals surface area contributed by atoms with Gasteiger partial charge in [0.15, 0.2) is 0 Å². The number of hydrogen-bond donors (Lipinski definition) is 0. The van der Waals surface area contributed by atoms with Gasteiger partial charge in [0.25, 0.3) is 0 Å². The molecule has 1 rings (SSSR count). The molecule has 0 heterocycles. The van der Waals surface area contributed by atoms with Crippen molar-refractivity contribution >= 4 is 11.8 Å². The van der Waals surface area contributed by atoms with Crippen LogP contribution < -0.4 is 4.74 Å². The zero-order chi connectivity index (χ0) is 12.7. The Morgan fingerprint density at radius 2 is 2.24 bits per heavy atom. The maximum atomic E-state index is 8.99. The lowest BCUT2D eigenvalue weighted by atomic mass is 10.1. The van der Waals surface area contributed by atoms with Gasteiger partial charge < -0.3 is 4.74 Å². The van der Waals surface area contributed by atoms with E-state index in [2.05, 4.69) is 19.9 Å². The summed E-state index contributed by atoms with van der Waals surface area (Å²) in [4.78, 5) is 0. The number of benzene rings is 1. The highest BCUT2D eigenvalue weighted by molar-refractivity contribution is 7.98. The Morgan fingerprint density at radius 3 is 2.82 bits per heavy atom. The SMILES string of the molecule is CCC(C)CSCc1ccc(OC)c(C#N)c1. The highest BCUT2D eigenvalue weighted by atomic mass is 32.2. The smallest absolute Gasteiger partial charge is 0.136 e. The molecule has 1 aromatic carbocycles. The molecule has 1 aromatic rings. The summed E-state index contributed by atoms with van der Waals surface area (Å²) in [5.41, 5.74) is 1.81. The summed E-state index contributed by atoms with van der Waals surface area (Å²) in [6.45, 7) is 4.48. The molecule has 2 nitrogen and oxygen atoms in total. The molecule has 0 spiro atoms. The molecule has 0 saturated carbocycles. The molecule has 1 unspecified atom stereocenters.